The van der Waals surface area contributed by atoms with Gasteiger partial charge in [-0.25, -0.2) is 0 Å². The van der Waals surface area contributed by atoms with Crippen LogP contribution in [0, 0.1) is 0 Å². The molecule has 0 N–H and O–H groups in total. The quantitative estimate of drug-likeness (QED) is 0.156. The predicted molar refractivity (Wildman–Crippen MR) is 310 cm³/mol. The molecule has 11 aromatic carbocycles. The van der Waals surface area contributed by atoms with Gasteiger partial charge in [-0.05, 0) is 150 Å². The van der Waals surface area contributed by atoms with Gasteiger partial charge >= 0.3 is 0 Å². The highest BCUT2D eigenvalue weighted by Crippen LogP contribution is 2.47. The van der Waals surface area contributed by atoms with Gasteiger partial charge in [-0.1, -0.05) is 148 Å². The topological polar surface area (TPSA) is 32.8 Å². The molecule has 0 radical (unpaired) electrons. The molecule has 4 nitrogen and oxygen atoms in total. The molecule has 72 heavy (non-hydrogen) atoms. The van der Waals surface area contributed by atoms with Crippen molar-refractivity contribution in [1.82, 2.24) is 0 Å². The number of anilines is 6. The van der Waals surface area contributed by atoms with Crippen LogP contribution in [0.4, 0.5) is 34.1 Å². The molecule has 2 aliphatic heterocycles. The SMILES string of the molecule is C[Si]1(C)c2ccccc2-c2c(N(c3ccccc3)c3ccc4cc5c(cc4c3)oc3cc4c(cc35)oc3cc5cc(N(c6ccccc6)c6cccc7c6-c6ccccc6[Si]7(C)C)ccc5cc34)cccc21. The van der Waals surface area contributed by atoms with E-state index in [1.54, 1.807) is 0 Å². The summed E-state index contributed by atoms with van der Waals surface area (Å²) in [6.07, 6.45) is 0. The van der Waals surface area contributed by atoms with Gasteiger partial charge in [0.15, 0.2) is 0 Å². The monoisotopic (exact) mass is 956 g/mol. The highest BCUT2D eigenvalue weighted by atomic mass is 28.3. The van der Waals surface area contributed by atoms with Crippen LogP contribution in [0.3, 0.4) is 0 Å². The van der Waals surface area contributed by atoms with Crippen LogP contribution in [0.15, 0.2) is 227 Å². The first-order valence-electron chi connectivity index (χ1n) is 25.1. The van der Waals surface area contributed by atoms with Crippen LogP contribution in [-0.2, 0) is 0 Å². The summed E-state index contributed by atoms with van der Waals surface area (Å²) in [5, 5.41) is 14.8. The van der Waals surface area contributed by atoms with Crippen LogP contribution < -0.4 is 30.5 Å². The smallest absolute Gasteiger partial charge is 0.136 e. The van der Waals surface area contributed by atoms with E-state index in [9.17, 15) is 0 Å². The maximum atomic E-state index is 6.81. The number of hydrogen-bond acceptors (Lipinski definition) is 4. The van der Waals surface area contributed by atoms with E-state index in [1.165, 1.54) is 54.4 Å². The van der Waals surface area contributed by atoms with Crippen LogP contribution in [0.2, 0.25) is 26.2 Å². The summed E-state index contributed by atoms with van der Waals surface area (Å²) in [7, 11) is -3.76. The Hall–Kier alpha value is -8.43. The number of rotatable bonds is 6. The molecule has 2 aliphatic rings. The van der Waals surface area contributed by atoms with E-state index < -0.39 is 16.1 Å². The van der Waals surface area contributed by atoms with Gasteiger partial charge in [0.2, 0.25) is 0 Å². The Labute approximate surface area is 419 Å². The van der Waals surface area contributed by atoms with Crippen molar-refractivity contribution in [3.63, 3.8) is 0 Å². The third kappa shape index (κ3) is 5.91. The second-order valence-corrected chi connectivity index (χ2v) is 29.5. The summed E-state index contributed by atoms with van der Waals surface area (Å²) in [5.41, 5.74) is 15.7. The minimum Gasteiger partial charge on any atom is -0.456 e. The first kappa shape index (κ1) is 41.4. The summed E-state index contributed by atoms with van der Waals surface area (Å²) >= 11 is 0. The van der Waals surface area contributed by atoms with Crippen LogP contribution in [0.1, 0.15) is 0 Å². The van der Waals surface area contributed by atoms with Crippen LogP contribution in [0.5, 0.6) is 0 Å². The lowest BCUT2D eigenvalue weighted by Crippen LogP contribution is -2.49. The molecule has 0 amide bonds. The second-order valence-electron chi connectivity index (χ2n) is 20.9. The lowest BCUT2D eigenvalue weighted by Gasteiger charge is -2.29. The Balaban J connectivity index is 0.832. The average Bonchev–Trinajstić information content (AvgIpc) is 4.08. The predicted octanol–water partition coefficient (Wildman–Crippen LogP) is 16.3. The minimum atomic E-state index is -1.88. The number of benzene rings is 11. The molecular formula is C66H48N2O2Si2. The number of nitrogens with zero attached hydrogens (tertiary/aromatic N) is 2. The van der Waals surface area contributed by atoms with Crippen molar-refractivity contribution in [2.24, 2.45) is 0 Å². The minimum absolute atomic E-state index is 0.851. The Morgan fingerprint density at radius 3 is 1.11 bits per heavy atom. The Bertz CT molecular complexity index is 4130. The van der Waals surface area contributed by atoms with Gasteiger partial charge in [0.1, 0.15) is 38.5 Å². The van der Waals surface area contributed by atoms with Gasteiger partial charge in [0, 0.05) is 55.4 Å². The fourth-order valence-corrected chi connectivity index (χ4v) is 18.8. The Morgan fingerprint density at radius 1 is 0.292 bits per heavy atom. The molecule has 13 aromatic rings. The van der Waals surface area contributed by atoms with E-state index in [2.05, 4.69) is 254 Å². The zero-order chi connectivity index (χ0) is 48.0. The maximum Gasteiger partial charge on any atom is 0.136 e. The van der Waals surface area contributed by atoms with Crippen LogP contribution >= 0.6 is 0 Å². The molecule has 0 fully saturated rings. The normalized spacial score (nSPS) is 14.1. The fraction of sp³-hybridized carbons (Fsp3) is 0.0606. The third-order valence-electron chi connectivity index (χ3n) is 16.1. The molecule has 0 bridgehead atoms. The van der Waals surface area contributed by atoms with E-state index in [0.717, 1.165) is 88.2 Å². The van der Waals surface area contributed by atoms with E-state index in [0.29, 0.717) is 0 Å². The van der Waals surface area contributed by atoms with E-state index in [-0.39, 0.29) is 0 Å². The molecule has 0 atom stereocenters. The van der Waals surface area contributed by atoms with Gasteiger partial charge in [0.25, 0.3) is 0 Å². The first-order chi connectivity index (χ1) is 35.2. The molecule has 4 heterocycles. The van der Waals surface area contributed by atoms with E-state index >= 15 is 0 Å². The summed E-state index contributed by atoms with van der Waals surface area (Å²) in [4.78, 5) is 4.87. The fourth-order valence-electron chi connectivity index (χ4n) is 12.6. The lowest BCUT2D eigenvalue weighted by molar-refractivity contribution is 0.664. The average molecular weight is 957 g/mol. The van der Waals surface area contributed by atoms with Gasteiger partial charge < -0.3 is 18.6 Å². The number of para-hydroxylation sites is 2. The number of hydrogen-bond donors (Lipinski definition) is 0. The summed E-state index contributed by atoms with van der Waals surface area (Å²) in [6.45, 7) is 9.93. The molecule has 0 aliphatic carbocycles. The van der Waals surface area contributed by atoms with Crippen molar-refractivity contribution in [2.45, 2.75) is 26.2 Å². The molecule has 0 spiro atoms. The summed E-state index contributed by atoms with van der Waals surface area (Å²) in [6, 6.07) is 80.5. The summed E-state index contributed by atoms with van der Waals surface area (Å²) < 4.78 is 13.6. The zero-order valence-electron chi connectivity index (χ0n) is 40.5. The van der Waals surface area contributed by atoms with Gasteiger partial charge in [-0.15, -0.1) is 0 Å². The number of furan rings is 2. The molecule has 0 unspecified atom stereocenters. The molecule has 2 aromatic heterocycles. The molecule has 15 rings (SSSR count). The van der Waals surface area contributed by atoms with Crippen LogP contribution in [-0.4, -0.2) is 16.1 Å². The van der Waals surface area contributed by atoms with Crippen molar-refractivity contribution in [3.05, 3.63) is 218 Å². The highest BCUT2D eigenvalue weighted by molar-refractivity contribution is 7.04. The lowest BCUT2D eigenvalue weighted by atomic mass is 10.0. The molecule has 6 heteroatoms. The van der Waals surface area contributed by atoms with Crippen molar-refractivity contribution in [2.75, 3.05) is 9.80 Å². The van der Waals surface area contributed by atoms with Crippen LogP contribution in [0.25, 0.3) is 87.7 Å². The maximum absolute atomic E-state index is 6.81. The molecule has 0 saturated heterocycles. The first-order valence-corrected chi connectivity index (χ1v) is 31.1. The number of fused-ring (bicyclic) bond motifs is 14. The van der Waals surface area contributed by atoms with Gasteiger partial charge in [0.05, 0.1) is 11.4 Å². The largest absolute Gasteiger partial charge is 0.456 e. The van der Waals surface area contributed by atoms with E-state index in [4.69, 9.17) is 8.83 Å². The summed E-state index contributed by atoms with van der Waals surface area (Å²) in [5.74, 6) is 0. The van der Waals surface area contributed by atoms with Crippen molar-refractivity contribution < 1.29 is 8.83 Å². The standard InChI is InChI=1S/C66H48N2O2Si2/c1-71(2)61-25-13-11-21-49(61)65-55(23-15-27-63(65)71)67(45-17-7-5-8-18-45)47-31-29-41-35-51-53-39-60-54(40-59(53)69-57(51)37-43(41)33-47)52-36-42-30-32-48(34-44(42)38-58(52)70-60)68(46-19-9-6-10-20-46)56-24-16-28-64-66(56)50-22-12-14-26-62(50)72(64,3)4/h5-40H,1-4H3. The van der Waals surface area contributed by atoms with Gasteiger partial charge in [-0.3, -0.25) is 0 Å². The Kier molecular flexibility index (Phi) is 8.64. The molecule has 0 saturated carbocycles. The van der Waals surface area contributed by atoms with Crippen molar-refractivity contribution >= 4 is 136 Å². The molecular weight excluding hydrogens is 909 g/mol. The third-order valence-corrected chi connectivity index (χ3v) is 23.2. The zero-order valence-corrected chi connectivity index (χ0v) is 42.5. The molecule has 342 valence electrons. The van der Waals surface area contributed by atoms with E-state index in [1.807, 2.05) is 0 Å². The Morgan fingerprint density at radius 2 is 0.667 bits per heavy atom. The van der Waals surface area contributed by atoms with Gasteiger partial charge in [-0.2, -0.15) is 0 Å². The van der Waals surface area contributed by atoms with Crippen molar-refractivity contribution in [1.29, 1.82) is 0 Å². The second kappa shape index (κ2) is 15.0. The van der Waals surface area contributed by atoms with Crippen molar-refractivity contribution in [3.8, 4) is 22.3 Å². The highest BCUT2D eigenvalue weighted by Gasteiger charge is 2.41.